The molecule has 2 amide bonds. The Morgan fingerprint density at radius 3 is 1.83 bits per heavy atom. The molecule has 36 heavy (non-hydrogen) atoms. The molecule has 3 aromatic carbocycles. The normalized spacial score (nSPS) is 16.1. The van der Waals surface area contributed by atoms with Crippen molar-refractivity contribution in [3.05, 3.63) is 124 Å². The van der Waals surface area contributed by atoms with Gasteiger partial charge in [0, 0.05) is 29.0 Å². The number of nitrogens with one attached hydrogen (secondary N) is 1. The molecule has 0 atom stereocenters. The van der Waals surface area contributed by atoms with E-state index in [1.165, 1.54) is 12.2 Å². The number of carbonyl (C=O) groups is 3. The minimum Gasteiger partial charge on any atom is -0.330 e. The third-order valence-corrected chi connectivity index (χ3v) is 6.05. The molecular weight excluding hydrogens is 448 g/mol. The molecule has 0 saturated carbocycles. The van der Waals surface area contributed by atoms with Gasteiger partial charge in [0.2, 0.25) is 11.8 Å². The van der Waals surface area contributed by atoms with Crippen LogP contribution in [-0.4, -0.2) is 35.6 Å². The fraction of sp³-hybridized carbons (Fsp3) is 0.129. The lowest BCUT2D eigenvalue weighted by atomic mass is 9.94. The van der Waals surface area contributed by atoms with E-state index in [2.05, 4.69) is 5.32 Å². The average Bonchev–Trinajstić information content (AvgIpc) is 2.88. The van der Waals surface area contributed by atoms with Crippen molar-refractivity contribution in [1.29, 1.82) is 0 Å². The number of Topliss-reactive ketones (excluding diaryl/α,β-unsaturated/α-hetero) is 1. The lowest BCUT2D eigenvalue weighted by molar-refractivity contribution is -0.126. The van der Waals surface area contributed by atoms with Gasteiger partial charge in [0.15, 0.2) is 5.78 Å². The van der Waals surface area contributed by atoms with E-state index in [0.717, 1.165) is 22.3 Å². The summed E-state index contributed by atoms with van der Waals surface area (Å²) in [4.78, 5) is 40.3. The van der Waals surface area contributed by atoms with Crippen LogP contribution >= 0.6 is 0 Å². The summed E-state index contributed by atoms with van der Waals surface area (Å²) in [7, 11) is 0. The van der Waals surface area contributed by atoms with Gasteiger partial charge in [-0.15, -0.1) is 0 Å². The van der Waals surface area contributed by atoms with Crippen LogP contribution in [0.15, 0.2) is 102 Å². The zero-order valence-corrected chi connectivity index (χ0v) is 20.4. The van der Waals surface area contributed by atoms with Crippen molar-refractivity contribution in [3.8, 4) is 0 Å². The van der Waals surface area contributed by atoms with Crippen molar-refractivity contribution in [1.82, 2.24) is 4.90 Å². The van der Waals surface area contributed by atoms with Crippen LogP contribution in [0.1, 0.15) is 22.3 Å². The van der Waals surface area contributed by atoms with E-state index in [1.54, 1.807) is 4.90 Å². The van der Waals surface area contributed by atoms with Crippen LogP contribution in [-0.2, 0) is 14.4 Å². The number of carbonyl (C=O) groups excluding carboxylic acids is 3. The van der Waals surface area contributed by atoms with Crippen molar-refractivity contribution in [2.45, 2.75) is 13.8 Å². The highest BCUT2D eigenvalue weighted by atomic mass is 16.2. The highest BCUT2D eigenvalue weighted by Gasteiger charge is 2.28. The molecule has 1 saturated heterocycles. The molecule has 5 heteroatoms. The van der Waals surface area contributed by atoms with Gasteiger partial charge in [0.25, 0.3) is 0 Å². The lowest BCUT2D eigenvalue weighted by Gasteiger charge is -2.29. The first-order valence-electron chi connectivity index (χ1n) is 11.8. The topological polar surface area (TPSA) is 66.5 Å². The second kappa shape index (κ2) is 11.3. The SMILES string of the molecule is Cc1ccc(NC(=O)/C=C\C(=O)N2C/C(=C\c3ccccc3)C(=O)/C(=C/c3ccccc3)C2)cc1C. The van der Waals surface area contributed by atoms with E-state index in [-0.39, 0.29) is 30.7 Å². The number of likely N-dealkylation sites (tertiary alicyclic amines) is 1. The minimum atomic E-state index is -0.389. The van der Waals surface area contributed by atoms with Crippen molar-refractivity contribution in [2.75, 3.05) is 18.4 Å². The van der Waals surface area contributed by atoms with Crippen LogP contribution < -0.4 is 5.32 Å². The maximum Gasteiger partial charge on any atom is 0.248 e. The Morgan fingerprint density at radius 1 is 0.750 bits per heavy atom. The summed E-state index contributed by atoms with van der Waals surface area (Å²) < 4.78 is 0. The van der Waals surface area contributed by atoms with Gasteiger partial charge in [-0.25, -0.2) is 0 Å². The van der Waals surface area contributed by atoms with Crippen LogP contribution in [0.4, 0.5) is 5.69 Å². The number of ketones is 1. The Bertz CT molecular complexity index is 1310. The first-order valence-corrected chi connectivity index (χ1v) is 11.8. The molecule has 5 nitrogen and oxygen atoms in total. The molecular formula is C31H28N2O3. The summed E-state index contributed by atoms with van der Waals surface area (Å²) in [6.07, 6.45) is 6.12. The van der Waals surface area contributed by atoms with Crippen molar-refractivity contribution >= 4 is 35.4 Å². The third kappa shape index (κ3) is 6.33. The monoisotopic (exact) mass is 476 g/mol. The van der Waals surface area contributed by atoms with Gasteiger partial charge in [-0.3, -0.25) is 14.4 Å². The van der Waals surface area contributed by atoms with Crippen molar-refractivity contribution in [3.63, 3.8) is 0 Å². The molecule has 1 N–H and O–H groups in total. The Hall–Kier alpha value is -4.51. The number of nitrogens with zero attached hydrogens (tertiary/aromatic N) is 1. The maximum absolute atomic E-state index is 13.3. The number of amides is 2. The summed E-state index contributed by atoms with van der Waals surface area (Å²) >= 11 is 0. The molecule has 0 radical (unpaired) electrons. The number of benzene rings is 3. The Morgan fingerprint density at radius 2 is 1.31 bits per heavy atom. The van der Waals surface area contributed by atoms with Gasteiger partial charge in [-0.1, -0.05) is 66.7 Å². The molecule has 0 aromatic heterocycles. The van der Waals surface area contributed by atoms with Crippen molar-refractivity contribution in [2.24, 2.45) is 0 Å². The number of hydrogen-bond donors (Lipinski definition) is 1. The zero-order valence-electron chi connectivity index (χ0n) is 20.4. The van der Waals surface area contributed by atoms with Crippen LogP contribution in [0.2, 0.25) is 0 Å². The van der Waals surface area contributed by atoms with Gasteiger partial charge >= 0.3 is 0 Å². The number of hydrogen-bond acceptors (Lipinski definition) is 3. The molecule has 0 unspecified atom stereocenters. The van der Waals surface area contributed by atoms with E-state index in [0.29, 0.717) is 16.8 Å². The molecule has 1 fully saturated rings. The molecule has 3 aromatic rings. The predicted octanol–water partition coefficient (Wildman–Crippen LogP) is 5.38. The number of piperidine rings is 1. The fourth-order valence-corrected chi connectivity index (χ4v) is 3.95. The van der Waals surface area contributed by atoms with Crippen LogP contribution in [0.5, 0.6) is 0 Å². The standard InChI is InChI=1S/C31H28N2O3/c1-22-13-14-28(17-23(22)2)32-29(34)15-16-30(35)33-20-26(18-24-9-5-3-6-10-24)31(36)27(21-33)19-25-11-7-4-8-12-25/h3-19H,20-21H2,1-2H3,(H,32,34)/b16-15-,26-18+,27-19+. The van der Waals surface area contributed by atoms with Crippen LogP contribution in [0, 0.1) is 13.8 Å². The predicted molar refractivity (Wildman–Crippen MR) is 144 cm³/mol. The van der Waals surface area contributed by atoms with Crippen LogP contribution in [0.25, 0.3) is 12.2 Å². The Balaban J connectivity index is 1.54. The Kier molecular flexibility index (Phi) is 7.71. The Labute approximate surface area is 211 Å². The summed E-state index contributed by atoms with van der Waals surface area (Å²) in [5.74, 6) is -0.807. The molecule has 1 aliphatic rings. The first kappa shape index (κ1) is 24.6. The second-order valence-corrected chi connectivity index (χ2v) is 8.81. The van der Waals surface area contributed by atoms with Gasteiger partial charge in [0.1, 0.15) is 0 Å². The summed E-state index contributed by atoms with van der Waals surface area (Å²) in [6.45, 7) is 4.32. The summed E-state index contributed by atoms with van der Waals surface area (Å²) in [6, 6.07) is 24.7. The van der Waals surface area contributed by atoms with Crippen molar-refractivity contribution < 1.29 is 14.4 Å². The first-order chi connectivity index (χ1) is 17.4. The summed E-state index contributed by atoms with van der Waals surface area (Å²) in [5, 5.41) is 2.78. The van der Waals surface area contributed by atoms with E-state index >= 15 is 0 Å². The van der Waals surface area contributed by atoms with E-state index in [1.807, 2.05) is 105 Å². The highest BCUT2D eigenvalue weighted by Crippen LogP contribution is 2.22. The van der Waals surface area contributed by atoms with E-state index in [4.69, 9.17) is 0 Å². The second-order valence-electron chi connectivity index (χ2n) is 8.81. The lowest BCUT2D eigenvalue weighted by Crippen LogP contribution is -2.41. The van der Waals surface area contributed by atoms with E-state index < -0.39 is 0 Å². The molecule has 1 heterocycles. The minimum absolute atomic E-state index is 0.0804. The molecule has 180 valence electrons. The third-order valence-electron chi connectivity index (χ3n) is 6.05. The quantitative estimate of drug-likeness (QED) is 0.503. The number of anilines is 1. The largest absolute Gasteiger partial charge is 0.330 e. The van der Waals surface area contributed by atoms with E-state index in [9.17, 15) is 14.4 Å². The van der Waals surface area contributed by atoms with Crippen LogP contribution in [0.3, 0.4) is 0 Å². The average molecular weight is 477 g/mol. The maximum atomic E-state index is 13.3. The summed E-state index contributed by atoms with van der Waals surface area (Å²) in [5.41, 5.74) is 5.70. The molecule has 0 bridgehead atoms. The highest BCUT2D eigenvalue weighted by molar-refractivity contribution is 6.15. The fourth-order valence-electron chi connectivity index (χ4n) is 3.95. The van der Waals surface area contributed by atoms with Gasteiger partial charge in [-0.05, 0) is 60.4 Å². The molecule has 1 aliphatic heterocycles. The van der Waals surface area contributed by atoms with Gasteiger partial charge < -0.3 is 10.2 Å². The molecule has 0 aliphatic carbocycles. The van der Waals surface area contributed by atoms with Gasteiger partial charge in [-0.2, -0.15) is 0 Å². The molecule has 0 spiro atoms. The zero-order chi connectivity index (χ0) is 25.5. The molecule has 4 rings (SSSR count). The smallest absolute Gasteiger partial charge is 0.248 e. The number of rotatable bonds is 5. The number of aryl methyl sites for hydroxylation is 2. The van der Waals surface area contributed by atoms with Gasteiger partial charge in [0.05, 0.1) is 13.1 Å².